The van der Waals surface area contributed by atoms with Gasteiger partial charge in [0.25, 0.3) is 5.56 Å². The lowest BCUT2D eigenvalue weighted by molar-refractivity contribution is -0.140. The van der Waals surface area contributed by atoms with Crippen LogP contribution in [-0.2, 0) is 26.3 Å². The van der Waals surface area contributed by atoms with Gasteiger partial charge in [-0.1, -0.05) is 23.7 Å². The zero-order chi connectivity index (χ0) is 29.7. The molecule has 0 radical (unpaired) electrons. The lowest BCUT2D eigenvalue weighted by Crippen LogP contribution is -2.40. The van der Waals surface area contributed by atoms with Crippen molar-refractivity contribution in [2.24, 2.45) is 7.05 Å². The number of carboxylic acid groups (broad SMARTS) is 1. The van der Waals surface area contributed by atoms with Gasteiger partial charge in [0.15, 0.2) is 0 Å². The zero-order valence-corrected chi connectivity index (χ0v) is 20.6. The van der Waals surface area contributed by atoms with Gasteiger partial charge in [0.1, 0.15) is 6.54 Å². The fraction of sp³-hybridized carbons (Fsp3) is 0.217. The predicted molar refractivity (Wildman–Crippen MR) is 127 cm³/mol. The number of alkyl halides is 6. The number of nitrogens with zero attached hydrogens (tertiary/aromatic N) is 4. The number of hydrogen-bond acceptors (Lipinski definition) is 5. The second-order valence-corrected chi connectivity index (χ2v) is 8.80. The number of fused-ring (bicyclic) bond motifs is 1. The van der Waals surface area contributed by atoms with Crippen molar-refractivity contribution >= 4 is 28.8 Å². The van der Waals surface area contributed by atoms with E-state index in [1.165, 1.54) is 19.2 Å². The van der Waals surface area contributed by atoms with E-state index in [1.807, 2.05) is 0 Å². The summed E-state index contributed by atoms with van der Waals surface area (Å²) in [7, 11) is 1.21. The second-order valence-electron chi connectivity index (χ2n) is 8.39. The van der Waals surface area contributed by atoms with E-state index in [1.54, 1.807) is 0 Å². The summed E-state index contributed by atoms with van der Waals surface area (Å²) < 4.78 is 87.0. The fourth-order valence-corrected chi connectivity index (χ4v) is 4.44. The number of imidazole rings is 1. The molecule has 0 atom stereocenters. The van der Waals surface area contributed by atoms with Gasteiger partial charge in [0.2, 0.25) is 5.75 Å². The third kappa shape index (κ3) is 5.34. The molecule has 0 aliphatic rings. The van der Waals surface area contributed by atoms with Crippen LogP contribution in [-0.4, -0.2) is 35.7 Å². The first-order valence-corrected chi connectivity index (χ1v) is 11.3. The highest BCUT2D eigenvalue weighted by molar-refractivity contribution is 6.31. The van der Waals surface area contributed by atoms with Crippen molar-refractivity contribution in [3.05, 3.63) is 90.1 Å². The van der Waals surface area contributed by atoms with Gasteiger partial charge in [0, 0.05) is 7.05 Å². The SMILES string of the molecule is Cn1c(=O)n(CC(F)(F)F)c2cc(-n3cc(OC(=O)O)c(=O)n(Cc4cccc(Cl)c4C(F)(F)F)c3=O)ccc21. The van der Waals surface area contributed by atoms with E-state index in [0.29, 0.717) is 15.3 Å². The van der Waals surface area contributed by atoms with Crippen LogP contribution < -0.4 is 21.7 Å². The largest absolute Gasteiger partial charge is 0.511 e. The monoisotopic (exact) mass is 592 g/mol. The Balaban J connectivity index is 1.99. The van der Waals surface area contributed by atoms with Crippen molar-refractivity contribution in [1.29, 1.82) is 0 Å². The molecule has 0 amide bonds. The quantitative estimate of drug-likeness (QED) is 0.277. The zero-order valence-electron chi connectivity index (χ0n) is 19.9. The van der Waals surface area contributed by atoms with Gasteiger partial charge >= 0.3 is 29.9 Å². The van der Waals surface area contributed by atoms with E-state index in [2.05, 4.69) is 4.74 Å². The maximum Gasteiger partial charge on any atom is 0.511 e. The highest BCUT2D eigenvalue weighted by Gasteiger charge is 2.36. The first-order valence-electron chi connectivity index (χ1n) is 10.9. The van der Waals surface area contributed by atoms with E-state index in [-0.39, 0.29) is 21.3 Å². The molecule has 0 unspecified atom stereocenters. The van der Waals surface area contributed by atoms with Crippen LogP contribution >= 0.6 is 11.6 Å². The number of hydrogen-bond donors (Lipinski definition) is 1. The number of benzene rings is 2. The number of aryl methyl sites for hydroxylation is 1. The van der Waals surface area contributed by atoms with Gasteiger partial charge in [-0.05, 0) is 29.8 Å². The standard InChI is InChI=1S/C23H15ClF6N4O6/c1-31-14-6-5-12(7-15(14)34(19(31)36)10-22(25,26)27)32-9-16(40-21(38)39)18(35)33(20(32)37)8-11-3-2-4-13(24)17(11)23(28,29)30/h2-7,9H,8,10H2,1H3,(H,38,39). The van der Waals surface area contributed by atoms with Gasteiger partial charge < -0.3 is 9.84 Å². The fourth-order valence-electron chi connectivity index (χ4n) is 4.14. The van der Waals surface area contributed by atoms with Crippen LogP contribution in [0.1, 0.15) is 11.1 Å². The van der Waals surface area contributed by atoms with Crippen molar-refractivity contribution in [3.63, 3.8) is 0 Å². The summed E-state index contributed by atoms with van der Waals surface area (Å²) in [5, 5.41) is 8.31. The van der Waals surface area contributed by atoms with Crippen molar-refractivity contribution in [2.75, 3.05) is 0 Å². The number of halogens is 7. The first-order chi connectivity index (χ1) is 18.5. The first kappa shape index (κ1) is 28.5. The third-order valence-corrected chi connectivity index (χ3v) is 6.11. The summed E-state index contributed by atoms with van der Waals surface area (Å²) in [5.74, 6) is -0.997. The van der Waals surface area contributed by atoms with Crippen molar-refractivity contribution in [1.82, 2.24) is 18.3 Å². The molecule has 1 N–H and O–H groups in total. The molecule has 40 heavy (non-hydrogen) atoms. The minimum atomic E-state index is -4.99. The maximum absolute atomic E-state index is 13.7. The summed E-state index contributed by atoms with van der Waals surface area (Å²) >= 11 is 5.71. The van der Waals surface area contributed by atoms with Crippen LogP contribution in [0.5, 0.6) is 5.75 Å². The van der Waals surface area contributed by atoms with Gasteiger partial charge in [-0.25, -0.2) is 14.4 Å². The van der Waals surface area contributed by atoms with Crippen molar-refractivity contribution < 1.29 is 41.0 Å². The molecule has 2 aromatic heterocycles. The van der Waals surface area contributed by atoms with Gasteiger partial charge in [-0.2, -0.15) is 26.3 Å². The van der Waals surface area contributed by atoms with E-state index < -0.39 is 70.4 Å². The van der Waals surface area contributed by atoms with E-state index in [4.69, 9.17) is 16.7 Å². The minimum Gasteiger partial charge on any atom is -0.449 e. The Morgan fingerprint density at radius 3 is 2.25 bits per heavy atom. The molecule has 2 aromatic carbocycles. The molecule has 0 saturated carbocycles. The predicted octanol–water partition coefficient (Wildman–Crippen LogP) is 3.99. The van der Waals surface area contributed by atoms with E-state index >= 15 is 0 Å². The van der Waals surface area contributed by atoms with Crippen LogP contribution in [0.2, 0.25) is 5.02 Å². The molecule has 2 heterocycles. The Morgan fingerprint density at radius 2 is 1.65 bits per heavy atom. The number of ether oxygens (including phenoxy) is 1. The molecular formula is C23H15ClF6N4O6. The molecule has 0 saturated heterocycles. The lowest BCUT2D eigenvalue weighted by atomic mass is 10.1. The number of rotatable bonds is 5. The average Bonchev–Trinajstić information content (AvgIpc) is 3.05. The van der Waals surface area contributed by atoms with Gasteiger partial charge in [0.05, 0.1) is 40.0 Å². The molecular weight excluding hydrogens is 578 g/mol. The van der Waals surface area contributed by atoms with Crippen LogP contribution in [0.3, 0.4) is 0 Å². The van der Waals surface area contributed by atoms with Crippen molar-refractivity contribution in [2.45, 2.75) is 25.4 Å². The molecule has 4 rings (SSSR count). The van der Waals surface area contributed by atoms with Crippen molar-refractivity contribution in [3.8, 4) is 11.4 Å². The molecule has 10 nitrogen and oxygen atoms in total. The van der Waals surface area contributed by atoms with Crippen LogP contribution in [0.15, 0.2) is 57.0 Å². The molecule has 0 aliphatic carbocycles. The molecule has 212 valence electrons. The maximum atomic E-state index is 13.7. The summed E-state index contributed by atoms with van der Waals surface area (Å²) in [5.41, 5.74) is -6.20. The normalized spacial score (nSPS) is 12.2. The third-order valence-electron chi connectivity index (χ3n) is 5.79. The van der Waals surface area contributed by atoms with E-state index in [9.17, 15) is 45.5 Å². The summed E-state index contributed by atoms with van der Waals surface area (Å²) in [6, 6.07) is 6.37. The Morgan fingerprint density at radius 1 is 0.975 bits per heavy atom. The van der Waals surface area contributed by atoms with E-state index in [0.717, 1.165) is 28.8 Å². The summed E-state index contributed by atoms with van der Waals surface area (Å²) in [6.45, 7) is -2.71. The highest BCUT2D eigenvalue weighted by Crippen LogP contribution is 2.37. The Hall–Kier alpha value is -4.47. The summed E-state index contributed by atoms with van der Waals surface area (Å²) in [6.07, 6.45) is -11.2. The van der Waals surface area contributed by atoms with Gasteiger partial charge in [-0.3, -0.25) is 23.1 Å². The van der Waals surface area contributed by atoms with Crippen LogP contribution in [0.4, 0.5) is 31.1 Å². The minimum absolute atomic E-state index is 0.0372. The molecule has 0 fully saturated rings. The smallest absolute Gasteiger partial charge is 0.449 e. The summed E-state index contributed by atoms with van der Waals surface area (Å²) in [4.78, 5) is 49.9. The Kier molecular flexibility index (Phi) is 7.08. The molecule has 17 heteroatoms. The molecule has 0 spiro atoms. The number of carbonyl (C=O) groups is 1. The molecule has 0 bridgehead atoms. The lowest BCUT2D eigenvalue weighted by Gasteiger charge is -2.17. The van der Waals surface area contributed by atoms with Crippen LogP contribution in [0, 0.1) is 0 Å². The Bertz CT molecular complexity index is 1830. The highest BCUT2D eigenvalue weighted by atomic mass is 35.5. The van der Waals surface area contributed by atoms with Gasteiger partial charge in [-0.15, -0.1) is 0 Å². The molecule has 0 aliphatic heterocycles. The molecule has 4 aromatic rings. The second kappa shape index (κ2) is 9.93. The number of aromatic nitrogens is 4. The van der Waals surface area contributed by atoms with Crippen LogP contribution in [0.25, 0.3) is 16.7 Å². The topological polar surface area (TPSA) is 117 Å². The Labute approximate surface area is 222 Å². The average molecular weight is 593 g/mol.